The van der Waals surface area contributed by atoms with E-state index in [-0.39, 0.29) is 35.4 Å². The highest BCUT2D eigenvalue weighted by Crippen LogP contribution is 2.49. The number of ether oxygens (including phenoxy) is 1. The van der Waals surface area contributed by atoms with Crippen LogP contribution >= 0.6 is 0 Å². The minimum Gasteiger partial charge on any atom is -0.459 e. The second-order valence-corrected chi connectivity index (χ2v) is 11.8. The van der Waals surface area contributed by atoms with Crippen LogP contribution in [-0.2, 0) is 15.1 Å². The van der Waals surface area contributed by atoms with Gasteiger partial charge in [0.1, 0.15) is 18.0 Å². The van der Waals surface area contributed by atoms with Gasteiger partial charge >= 0.3 is 12.0 Å². The number of carbonyl (C=O) groups excluding carboxylic acids is 2. The number of esters is 1. The van der Waals surface area contributed by atoms with Gasteiger partial charge in [-0.1, -0.05) is 18.6 Å². The molecule has 7 heteroatoms. The first-order valence-corrected chi connectivity index (χ1v) is 12.7. The highest BCUT2D eigenvalue weighted by Gasteiger charge is 2.55. The lowest BCUT2D eigenvalue weighted by molar-refractivity contribution is -0.155. The molecule has 1 saturated heterocycles. The summed E-state index contributed by atoms with van der Waals surface area (Å²) in [5.74, 6) is -0.0315. The first-order chi connectivity index (χ1) is 15.9. The van der Waals surface area contributed by atoms with Crippen molar-refractivity contribution in [3.8, 4) is 0 Å². The average molecular weight is 474 g/mol. The highest BCUT2D eigenvalue weighted by molar-refractivity contribution is 5.83. The van der Waals surface area contributed by atoms with Crippen molar-refractivity contribution in [2.45, 2.75) is 82.4 Å². The molecule has 1 heterocycles. The SMILES string of the molecule is CN(C)[C@]1(c2cccc(F)c2)CC[C@@]2(CC1)CN(CC(=O)OC(C)(C)C)C(=O)N2CC1CCC1. The maximum Gasteiger partial charge on any atom is 0.326 e. The number of halogens is 1. The van der Waals surface area contributed by atoms with E-state index >= 15 is 0 Å². The molecule has 4 rings (SSSR count). The van der Waals surface area contributed by atoms with Crippen molar-refractivity contribution in [2.24, 2.45) is 5.92 Å². The Labute approximate surface area is 203 Å². The van der Waals surface area contributed by atoms with Crippen LogP contribution in [0.1, 0.15) is 71.3 Å². The van der Waals surface area contributed by atoms with Crippen LogP contribution in [0.4, 0.5) is 9.18 Å². The number of rotatable bonds is 6. The van der Waals surface area contributed by atoms with Gasteiger partial charge < -0.3 is 14.5 Å². The molecule has 0 atom stereocenters. The summed E-state index contributed by atoms with van der Waals surface area (Å²) in [5.41, 5.74) is -0.143. The maximum atomic E-state index is 14.1. The van der Waals surface area contributed by atoms with E-state index in [2.05, 4.69) is 23.9 Å². The lowest BCUT2D eigenvalue weighted by atomic mass is 9.68. The summed E-state index contributed by atoms with van der Waals surface area (Å²) in [6.07, 6.45) is 6.87. The Morgan fingerprint density at radius 2 is 1.85 bits per heavy atom. The summed E-state index contributed by atoms with van der Waals surface area (Å²) in [4.78, 5) is 32.1. The van der Waals surface area contributed by atoms with E-state index in [1.807, 2.05) is 26.8 Å². The first-order valence-electron chi connectivity index (χ1n) is 12.7. The van der Waals surface area contributed by atoms with Crippen molar-refractivity contribution in [3.05, 3.63) is 35.6 Å². The van der Waals surface area contributed by atoms with Gasteiger partial charge in [0.15, 0.2) is 0 Å². The standard InChI is InChI=1S/C27H40FN3O3/c1-25(2,3)34-23(32)18-30-19-26(31(24(30)33)17-20-8-6-9-20)12-14-27(15-13-26,29(4)5)21-10-7-11-22(28)16-21/h7,10-11,16,20H,6,8-9,12-15,17-19H2,1-5H3/t26-,27-. The zero-order chi connectivity index (χ0) is 24.7. The molecule has 2 amide bonds. The monoisotopic (exact) mass is 473 g/mol. The van der Waals surface area contributed by atoms with Crippen LogP contribution in [0.3, 0.4) is 0 Å². The Balaban J connectivity index is 1.56. The van der Waals surface area contributed by atoms with E-state index in [9.17, 15) is 14.0 Å². The van der Waals surface area contributed by atoms with Crippen molar-refractivity contribution in [1.82, 2.24) is 14.7 Å². The van der Waals surface area contributed by atoms with Gasteiger partial charge in [-0.2, -0.15) is 0 Å². The third kappa shape index (κ3) is 4.81. The van der Waals surface area contributed by atoms with Crippen molar-refractivity contribution < 1.29 is 18.7 Å². The predicted molar refractivity (Wildman–Crippen MR) is 130 cm³/mol. The van der Waals surface area contributed by atoms with E-state index in [1.165, 1.54) is 12.5 Å². The third-order valence-corrected chi connectivity index (χ3v) is 8.19. The summed E-state index contributed by atoms with van der Waals surface area (Å²) in [7, 11) is 4.12. The third-order valence-electron chi connectivity index (χ3n) is 8.19. The molecule has 2 saturated carbocycles. The van der Waals surface area contributed by atoms with E-state index in [0.29, 0.717) is 12.5 Å². The minimum absolute atomic E-state index is 0.0122. The summed E-state index contributed by atoms with van der Waals surface area (Å²) >= 11 is 0. The lowest BCUT2D eigenvalue weighted by Gasteiger charge is -2.51. The number of urea groups is 1. The van der Waals surface area contributed by atoms with Crippen LogP contribution in [0.15, 0.2) is 24.3 Å². The summed E-state index contributed by atoms with van der Waals surface area (Å²) in [6, 6.07) is 6.90. The average Bonchev–Trinajstić information content (AvgIpc) is 2.94. The number of hydrogen-bond donors (Lipinski definition) is 0. The van der Waals surface area contributed by atoms with Gasteiger partial charge in [0, 0.05) is 18.6 Å². The fraction of sp³-hybridized carbons (Fsp3) is 0.704. The van der Waals surface area contributed by atoms with E-state index in [1.54, 1.807) is 17.0 Å². The fourth-order valence-electron chi connectivity index (χ4n) is 6.07. The number of nitrogens with zero attached hydrogens (tertiary/aromatic N) is 3. The van der Waals surface area contributed by atoms with Crippen molar-refractivity contribution in [3.63, 3.8) is 0 Å². The molecule has 2 aliphatic carbocycles. The summed E-state index contributed by atoms with van der Waals surface area (Å²) < 4.78 is 19.6. The maximum absolute atomic E-state index is 14.1. The zero-order valence-corrected chi connectivity index (χ0v) is 21.4. The van der Waals surface area contributed by atoms with Gasteiger partial charge in [-0.15, -0.1) is 0 Å². The number of amides is 2. The Hall–Kier alpha value is -2.15. The van der Waals surface area contributed by atoms with Gasteiger partial charge in [-0.05, 0) is 97.0 Å². The zero-order valence-electron chi connectivity index (χ0n) is 21.4. The van der Waals surface area contributed by atoms with Gasteiger partial charge in [-0.25, -0.2) is 9.18 Å². The lowest BCUT2D eigenvalue weighted by Crippen LogP contribution is -2.56. The molecule has 6 nitrogen and oxygen atoms in total. The second kappa shape index (κ2) is 9.14. The number of benzene rings is 1. The molecule has 1 aliphatic heterocycles. The largest absolute Gasteiger partial charge is 0.459 e. The summed E-state index contributed by atoms with van der Waals surface area (Å²) in [5, 5.41) is 0. The molecule has 1 aromatic rings. The van der Waals surface area contributed by atoms with Crippen LogP contribution < -0.4 is 0 Å². The van der Waals surface area contributed by atoms with E-state index in [4.69, 9.17) is 4.74 Å². The first kappa shape index (κ1) is 25.0. The quantitative estimate of drug-likeness (QED) is 0.558. The topological polar surface area (TPSA) is 53.1 Å². The Kier molecular flexibility index (Phi) is 6.71. The second-order valence-electron chi connectivity index (χ2n) is 11.8. The Morgan fingerprint density at radius 1 is 1.18 bits per heavy atom. The summed E-state index contributed by atoms with van der Waals surface area (Å²) in [6.45, 7) is 6.82. The van der Waals surface area contributed by atoms with Crippen molar-refractivity contribution in [2.75, 3.05) is 33.7 Å². The molecule has 188 valence electrons. The van der Waals surface area contributed by atoms with Gasteiger partial charge in [0.05, 0.1) is 5.54 Å². The molecular weight excluding hydrogens is 433 g/mol. The molecule has 0 unspecified atom stereocenters. The van der Waals surface area contributed by atoms with Gasteiger partial charge in [0.25, 0.3) is 0 Å². The molecule has 3 fully saturated rings. The van der Waals surface area contributed by atoms with Crippen LogP contribution in [0.2, 0.25) is 0 Å². The van der Waals surface area contributed by atoms with Crippen molar-refractivity contribution >= 4 is 12.0 Å². The fourth-order valence-corrected chi connectivity index (χ4v) is 6.07. The van der Waals surface area contributed by atoms with Crippen LogP contribution in [0, 0.1) is 11.7 Å². The smallest absolute Gasteiger partial charge is 0.326 e. The molecule has 1 spiro atoms. The molecule has 0 bridgehead atoms. The van der Waals surface area contributed by atoms with E-state index < -0.39 is 5.60 Å². The van der Waals surface area contributed by atoms with E-state index in [0.717, 1.165) is 50.6 Å². The molecule has 0 N–H and O–H groups in total. The normalized spacial score (nSPS) is 28.0. The molecule has 0 radical (unpaired) electrons. The Bertz CT molecular complexity index is 914. The van der Waals surface area contributed by atoms with Gasteiger partial charge in [0.2, 0.25) is 0 Å². The molecule has 3 aliphatic rings. The minimum atomic E-state index is -0.579. The van der Waals surface area contributed by atoms with Gasteiger partial charge in [-0.3, -0.25) is 9.69 Å². The molecular formula is C27H40FN3O3. The van der Waals surface area contributed by atoms with Crippen LogP contribution in [0.25, 0.3) is 0 Å². The molecule has 34 heavy (non-hydrogen) atoms. The number of hydrogen-bond acceptors (Lipinski definition) is 4. The molecule has 0 aromatic heterocycles. The predicted octanol–water partition coefficient (Wildman–Crippen LogP) is 4.77. The van der Waals surface area contributed by atoms with Crippen LogP contribution in [0.5, 0.6) is 0 Å². The van der Waals surface area contributed by atoms with Crippen molar-refractivity contribution in [1.29, 1.82) is 0 Å². The Morgan fingerprint density at radius 3 is 2.38 bits per heavy atom. The number of carbonyl (C=O) groups is 2. The molecule has 1 aromatic carbocycles. The highest BCUT2D eigenvalue weighted by atomic mass is 19.1. The van der Waals surface area contributed by atoms with Crippen LogP contribution in [-0.4, -0.2) is 71.6 Å².